The number of rotatable bonds is 7. The van der Waals surface area contributed by atoms with E-state index in [0.29, 0.717) is 12.5 Å². The highest BCUT2D eigenvalue weighted by atomic mass is 17.2. The molecule has 0 aromatic rings. The summed E-state index contributed by atoms with van der Waals surface area (Å²) >= 11 is 0. The van der Waals surface area contributed by atoms with Gasteiger partial charge in [-0.05, 0) is 58.3 Å². The molecule has 5 heteroatoms. The monoisotopic (exact) mass is 326 g/mol. The zero-order valence-corrected chi connectivity index (χ0v) is 14.8. The molecule has 0 saturated heterocycles. The van der Waals surface area contributed by atoms with Gasteiger partial charge in [0, 0.05) is 18.0 Å². The Bertz CT molecular complexity index is 380. The van der Waals surface area contributed by atoms with Crippen molar-refractivity contribution in [3.8, 4) is 0 Å². The van der Waals surface area contributed by atoms with Crippen LogP contribution < -0.4 is 11.5 Å². The molecule has 2 aliphatic carbocycles. The normalized spacial score (nSPS) is 30.3. The first kappa shape index (κ1) is 18.8. The summed E-state index contributed by atoms with van der Waals surface area (Å²) in [7, 11) is 0. The Kier molecular flexibility index (Phi) is 7.01. The third-order valence-corrected chi connectivity index (χ3v) is 5.50. The maximum Gasteiger partial charge on any atom is 0.170 e. The summed E-state index contributed by atoms with van der Waals surface area (Å²) in [5.41, 5.74) is 11.2. The van der Waals surface area contributed by atoms with Gasteiger partial charge in [0.2, 0.25) is 0 Å². The number of Topliss-reactive ketones (excluding diaryl/α,β-unsaturated/α-hetero) is 1. The van der Waals surface area contributed by atoms with Crippen molar-refractivity contribution in [3.63, 3.8) is 0 Å². The third-order valence-electron chi connectivity index (χ3n) is 5.50. The van der Waals surface area contributed by atoms with Gasteiger partial charge in [0.25, 0.3) is 0 Å². The number of hydrogen-bond acceptors (Lipinski definition) is 5. The molecule has 3 atom stereocenters. The first-order valence-electron chi connectivity index (χ1n) is 9.26. The maximum absolute atomic E-state index is 12.6. The van der Waals surface area contributed by atoms with Crippen molar-refractivity contribution in [2.75, 3.05) is 6.61 Å². The van der Waals surface area contributed by atoms with E-state index >= 15 is 0 Å². The zero-order chi connectivity index (χ0) is 16.9. The van der Waals surface area contributed by atoms with E-state index in [-0.39, 0.29) is 23.8 Å². The molecule has 134 valence electrons. The van der Waals surface area contributed by atoms with E-state index in [4.69, 9.17) is 21.2 Å². The highest BCUT2D eigenvalue weighted by Gasteiger charge is 2.36. The summed E-state index contributed by atoms with van der Waals surface area (Å²) < 4.78 is 0. The van der Waals surface area contributed by atoms with Crippen molar-refractivity contribution in [2.45, 2.75) is 89.3 Å². The van der Waals surface area contributed by atoms with E-state index < -0.39 is 5.60 Å². The average Bonchev–Trinajstić information content (AvgIpc) is 2.53. The van der Waals surface area contributed by atoms with E-state index in [1.54, 1.807) is 0 Å². The first-order chi connectivity index (χ1) is 10.9. The van der Waals surface area contributed by atoms with Crippen LogP contribution in [0.1, 0.15) is 71.6 Å². The second-order valence-corrected chi connectivity index (χ2v) is 7.90. The SMILES string of the molecule is CC(C)(OOCCC1CCC(N)CC1N)C(=O)C1CCCCC1. The fourth-order valence-corrected chi connectivity index (χ4v) is 3.95. The zero-order valence-electron chi connectivity index (χ0n) is 14.8. The Hall–Kier alpha value is -0.490. The van der Waals surface area contributed by atoms with Gasteiger partial charge >= 0.3 is 0 Å². The molecule has 2 fully saturated rings. The van der Waals surface area contributed by atoms with Crippen LogP contribution >= 0.6 is 0 Å². The summed E-state index contributed by atoms with van der Waals surface area (Å²) in [6, 6.07) is 0.393. The Morgan fingerprint density at radius 3 is 2.43 bits per heavy atom. The summed E-state index contributed by atoms with van der Waals surface area (Å²) in [5, 5.41) is 0. The van der Waals surface area contributed by atoms with Gasteiger partial charge in [-0.15, -0.1) is 0 Å². The predicted octanol–water partition coefficient (Wildman–Crippen LogP) is 2.71. The van der Waals surface area contributed by atoms with Gasteiger partial charge in [0.1, 0.15) is 0 Å². The predicted molar refractivity (Wildman–Crippen MR) is 90.6 cm³/mol. The van der Waals surface area contributed by atoms with Crippen LogP contribution in [0.15, 0.2) is 0 Å². The van der Waals surface area contributed by atoms with Crippen LogP contribution in [0.3, 0.4) is 0 Å². The topological polar surface area (TPSA) is 87.6 Å². The van der Waals surface area contributed by atoms with Gasteiger partial charge in [-0.3, -0.25) is 4.79 Å². The lowest BCUT2D eigenvalue weighted by Crippen LogP contribution is -2.43. The molecule has 2 rings (SSSR count). The van der Waals surface area contributed by atoms with Crippen LogP contribution in [0.5, 0.6) is 0 Å². The van der Waals surface area contributed by atoms with Gasteiger partial charge in [0.15, 0.2) is 11.4 Å². The smallest absolute Gasteiger partial charge is 0.170 e. The van der Waals surface area contributed by atoms with Crippen LogP contribution in [-0.2, 0) is 14.6 Å². The Morgan fingerprint density at radius 1 is 1.09 bits per heavy atom. The lowest BCUT2D eigenvalue weighted by molar-refractivity contribution is -0.344. The van der Waals surface area contributed by atoms with E-state index in [1.807, 2.05) is 13.8 Å². The van der Waals surface area contributed by atoms with Crippen LogP contribution in [0.4, 0.5) is 0 Å². The molecule has 0 radical (unpaired) electrons. The summed E-state index contributed by atoms with van der Waals surface area (Å²) in [4.78, 5) is 23.4. The van der Waals surface area contributed by atoms with Crippen LogP contribution in [-0.4, -0.2) is 30.1 Å². The van der Waals surface area contributed by atoms with E-state index in [9.17, 15) is 4.79 Å². The quantitative estimate of drug-likeness (QED) is 0.427. The molecule has 23 heavy (non-hydrogen) atoms. The summed E-state index contributed by atoms with van der Waals surface area (Å²) in [6.07, 6.45) is 9.35. The molecule has 5 nitrogen and oxygen atoms in total. The molecule has 0 heterocycles. The molecule has 2 aliphatic rings. The minimum absolute atomic E-state index is 0.135. The molecule has 0 aromatic heterocycles. The Labute approximate surface area is 140 Å². The maximum atomic E-state index is 12.6. The number of carbonyl (C=O) groups excluding carboxylic acids is 1. The molecule has 0 bridgehead atoms. The minimum atomic E-state index is -0.862. The largest absolute Gasteiger partial charge is 0.328 e. The van der Waals surface area contributed by atoms with E-state index in [0.717, 1.165) is 51.4 Å². The average molecular weight is 326 g/mol. The van der Waals surface area contributed by atoms with Crippen molar-refractivity contribution < 1.29 is 14.6 Å². The fourth-order valence-electron chi connectivity index (χ4n) is 3.95. The number of hydrogen-bond donors (Lipinski definition) is 2. The lowest BCUT2D eigenvalue weighted by atomic mass is 9.81. The van der Waals surface area contributed by atoms with Gasteiger partial charge < -0.3 is 11.5 Å². The van der Waals surface area contributed by atoms with E-state index in [2.05, 4.69) is 0 Å². The summed E-state index contributed by atoms with van der Waals surface area (Å²) in [5.74, 6) is 0.753. The van der Waals surface area contributed by atoms with Crippen LogP contribution in [0.25, 0.3) is 0 Å². The van der Waals surface area contributed by atoms with Gasteiger partial charge in [-0.25, -0.2) is 9.78 Å². The standard InChI is InChI=1S/C18H34N2O3/c1-18(2,17(21)14-6-4-3-5-7-14)23-22-11-10-13-8-9-15(19)12-16(13)20/h13-16H,3-12,19-20H2,1-2H3. The third kappa shape index (κ3) is 5.52. The molecule has 0 spiro atoms. The molecule has 0 aromatic carbocycles. The number of nitrogens with two attached hydrogens (primary N) is 2. The molecule has 0 aliphatic heterocycles. The van der Waals surface area contributed by atoms with Gasteiger partial charge in [-0.2, -0.15) is 0 Å². The first-order valence-corrected chi connectivity index (χ1v) is 9.26. The van der Waals surface area contributed by atoms with Gasteiger partial charge in [-0.1, -0.05) is 19.3 Å². The molecule has 4 N–H and O–H groups in total. The van der Waals surface area contributed by atoms with Crippen LogP contribution in [0.2, 0.25) is 0 Å². The van der Waals surface area contributed by atoms with Crippen LogP contribution in [0, 0.1) is 11.8 Å². The lowest BCUT2D eigenvalue weighted by Gasteiger charge is -2.32. The van der Waals surface area contributed by atoms with Crippen molar-refractivity contribution >= 4 is 5.78 Å². The van der Waals surface area contributed by atoms with Crippen molar-refractivity contribution in [3.05, 3.63) is 0 Å². The second kappa shape index (κ2) is 8.56. The van der Waals surface area contributed by atoms with Crippen molar-refractivity contribution in [1.29, 1.82) is 0 Å². The fraction of sp³-hybridized carbons (Fsp3) is 0.944. The molecular formula is C18H34N2O3. The van der Waals surface area contributed by atoms with Crippen molar-refractivity contribution in [2.24, 2.45) is 23.3 Å². The molecular weight excluding hydrogens is 292 g/mol. The number of ketones is 1. The minimum Gasteiger partial charge on any atom is -0.328 e. The highest BCUT2D eigenvalue weighted by molar-refractivity contribution is 5.88. The number of carbonyl (C=O) groups is 1. The summed E-state index contributed by atoms with van der Waals surface area (Å²) in [6.45, 7) is 4.11. The van der Waals surface area contributed by atoms with Crippen molar-refractivity contribution in [1.82, 2.24) is 0 Å². The molecule has 3 unspecified atom stereocenters. The Balaban J connectivity index is 1.68. The second-order valence-electron chi connectivity index (χ2n) is 7.90. The van der Waals surface area contributed by atoms with Gasteiger partial charge in [0.05, 0.1) is 6.61 Å². The highest BCUT2D eigenvalue weighted by Crippen LogP contribution is 2.30. The van der Waals surface area contributed by atoms with E-state index in [1.165, 1.54) is 6.42 Å². The Morgan fingerprint density at radius 2 is 1.78 bits per heavy atom. The molecule has 0 amide bonds. The molecule has 2 saturated carbocycles.